The Hall–Kier alpha value is -2.83. The van der Waals surface area contributed by atoms with Crippen LogP contribution in [0.1, 0.15) is 11.1 Å². The summed E-state index contributed by atoms with van der Waals surface area (Å²) in [6.45, 7) is -2.00. The van der Waals surface area contributed by atoms with Crippen molar-refractivity contribution in [1.82, 2.24) is 10.6 Å². The Labute approximate surface area is 145 Å². The maximum Gasteiger partial charge on any atom is 0.387 e. The van der Waals surface area contributed by atoms with Crippen molar-refractivity contribution in [3.8, 4) is 11.5 Å². The number of rotatable bonds is 7. The summed E-state index contributed by atoms with van der Waals surface area (Å²) in [5.41, 5.74) is 1.65. The van der Waals surface area contributed by atoms with Gasteiger partial charge in [-0.1, -0.05) is 30.3 Å². The summed E-state index contributed by atoms with van der Waals surface area (Å²) in [6.07, 6.45) is 0. The summed E-state index contributed by atoms with van der Waals surface area (Å²) in [5, 5.41) is 6.24. The Morgan fingerprint density at radius 1 is 1.08 bits per heavy atom. The molecule has 0 bridgehead atoms. The lowest BCUT2D eigenvalue weighted by Crippen LogP contribution is -2.36. The molecule has 0 heterocycles. The molecule has 134 valence electrons. The number of hydrogen-bond acceptors (Lipinski definition) is 3. The number of nitrogens with zero attached hydrogens (tertiary/aromatic N) is 1. The molecule has 0 aliphatic rings. The smallest absolute Gasteiger partial charge is 0.387 e. The van der Waals surface area contributed by atoms with Crippen molar-refractivity contribution in [3.63, 3.8) is 0 Å². The minimum Gasteiger partial charge on any atom is -0.497 e. The molecule has 0 aromatic heterocycles. The van der Waals surface area contributed by atoms with Gasteiger partial charge in [0.25, 0.3) is 0 Å². The number of hydrogen-bond donors (Lipinski definition) is 2. The number of aliphatic imine (C=N–C) groups is 1. The van der Waals surface area contributed by atoms with Crippen LogP contribution < -0.4 is 20.1 Å². The van der Waals surface area contributed by atoms with E-state index in [1.165, 1.54) is 6.07 Å². The molecule has 0 aliphatic carbocycles. The number of ether oxygens (including phenoxy) is 2. The van der Waals surface area contributed by atoms with Gasteiger partial charge >= 0.3 is 6.61 Å². The van der Waals surface area contributed by atoms with Crippen molar-refractivity contribution >= 4 is 5.96 Å². The zero-order valence-electron chi connectivity index (χ0n) is 14.1. The van der Waals surface area contributed by atoms with Crippen LogP contribution in [0.4, 0.5) is 8.78 Å². The van der Waals surface area contributed by atoms with Crippen molar-refractivity contribution in [2.75, 3.05) is 14.2 Å². The first-order valence-electron chi connectivity index (χ1n) is 7.72. The van der Waals surface area contributed by atoms with Crippen LogP contribution in [-0.4, -0.2) is 26.7 Å². The van der Waals surface area contributed by atoms with E-state index in [4.69, 9.17) is 4.74 Å². The van der Waals surface area contributed by atoms with Crippen molar-refractivity contribution in [1.29, 1.82) is 0 Å². The van der Waals surface area contributed by atoms with Gasteiger partial charge in [-0.2, -0.15) is 8.78 Å². The lowest BCUT2D eigenvalue weighted by molar-refractivity contribution is -0.0504. The summed E-state index contributed by atoms with van der Waals surface area (Å²) in [4.78, 5) is 4.13. The van der Waals surface area contributed by atoms with Gasteiger partial charge in [0.2, 0.25) is 0 Å². The van der Waals surface area contributed by atoms with Crippen molar-refractivity contribution in [2.45, 2.75) is 19.7 Å². The third kappa shape index (κ3) is 5.95. The molecular formula is C18H21F2N3O2. The van der Waals surface area contributed by atoms with E-state index >= 15 is 0 Å². The first-order chi connectivity index (χ1) is 12.1. The number of para-hydroxylation sites is 1. The molecule has 7 heteroatoms. The van der Waals surface area contributed by atoms with Gasteiger partial charge in [0.05, 0.1) is 7.11 Å². The zero-order valence-corrected chi connectivity index (χ0v) is 14.1. The molecule has 25 heavy (non-hydrogen) atoms. The minimum atomic E-state index is -2.85. The number of benzene rings is 2. The topological polar surface area (TPSA) is 54.9 Å². The SMILES string of the molecule is CN=C(NCc1cccc(OC)c1)NCc1ccccc1OC(F)F. The van der Waals surface area contributed by atoms with E-state index in [2.05, 4.69) is 20.4 Å². The summed E-state index contributed by atoms with van der Waals surface area (Å²) in [6, 6.07) is 14.3. The Balaban J connectivity index is 1.92. The van der Waals surface area contributed by atoms with E-state index in [-0.39, 0.29) is 5.75 Å². The highest BCUT2D eigenvalue weighted by Gasteiger charge is 2.09. The first kappa shape index (κ1) is 18.5. The summed E-state index contributed by atoms with van der Waals surface area (Å²) in [7, 11) is 3.26. The van der Waals surface area contributed by atoms with Gasteiger partial charge in [-0.15, -0.1) is 0 Å². The van der Waals surface area contributed by atoms with Gasteiger partial charge in [-0.05, 0) is 23.8 Å². The zero-order chi connectivity index (χ0) is 18.1. The molecule has 0 fully saturated rings. The molecule has 0 atom stereocenters. The second kappa shape index (κ2) is 9.46. The van der Waals surface area contributed by atoms with E-state index in [0.717, 1.165) is 11.3 Å². The fourth-order valence-corrected chi connectivity index (χ4v) is 2.23. The lowest BCUT2D eigenvalue weighted by Gasteiger charge is -2.14. The largest absolute Gasteiger partial charge is 0.497 e. The fraction of sp³-hybridized carbons (Fsp3) is 0.278. The lowest BCUT2D eigenvalue weighted by atomic mass is 10.2. The Kier molecular flexibility index (Phi) is 7.00. The number of alkyl halides is 2. The quantitative estimate of drug-likeness (QED) is 0.596. The fourth-order valence-electron chi connectivity index (χ4n) is 2.23. The first-order valence-corrected chi connectivity index (χ1v) is 7.72. The van der Waals surface area contributed by atoms with Gasteiger partial charge < -0.3 is 20.1 Å². The summed E-state index contributed by atoms with van der Waals surface area (Å²) < 4.78 is 34.6. The highest BCUT2D eigenvalue weighted by atomic mass is 19.3. The molecule has 0 unspecified atom stereocenters. The van der Waals surface area contributed by atoms with E-state index in [1.807, 2.05) is 24.3 Å². The summed E-state index contributed by atoms with van der Waals surface area (Å²) in [5.74, 6) is 1.48. The second-order valence-corrected chi connectivity index (χ2v) is 5.12. The molecule has 0 amide bonds. The van der Waals surface area contributed by atoms with Crippen LogP contribution in [0, 0.1) is 0 Å². The molecule has 0 saturated heterocycles. The van der Waals surface area contributed by atoms with Crippen LogP contribution in [0.3, 0.4) is 0 Å². The molecule has 0 aliphatic heterocycles. The second-order valence-electron chi connectivity index (χ2n) is 5.12. The Morgan fingerprint density at radius 3 is 2.56 bits per heavy atom. The van der Waals surface area contributed by atoms with Gasteiger partial charge in [-0.25, -0.2) is 0 Å². The van der Waals surface area contributed by atoms with E-state index < -0.39 is 6.61 Å². The standard InChI is InChI=1S/C18H21F2N3O2/c1-21-18(22-11-13-6-5-8-15(10-13)24-2)23-12-14-7-3-4-9-16(14)25-17(19)20/h3-10,17H,11-12H2,1-2H3,(H2,21,22,23). The Bertz CT molecular complexity index is 708. The van der Waals surface area contributed by atoms with Crippen LogP contribution >= 0.6 is 0 Å². The van der Waals surface area contributed by atoms with Gasteiger partial charge in [0.15, 0.2) is 5.96 Å². The predicted molar refractivity (Wildman–Crippen MR) is 93.1 cm³/mol. The van der Waals surface area contributed by atoms with E-state index in [1.54, 1.807) is 32.4 Å². The van der Waals surface area contributed by atoms with Gasteiger partial charge in [-0.3, -0.25) is 4.99 Å². The maximum atomic E-state index is 12.4. The molecule has 0 spiro atoms. The average molecular weight is 349 g/mol. The van der Waals surface area contributed by atoms with Crippen molar-refractivity contribution in [3.05, 3.63) is 59.7 Å². The van der Waals surface area contributed by atoms with Gasteiger partial charge in [0.1, 0.15) is 11.5 Å². The number of halogens is 2. The van der Waals surface area contributed by atoms with Crippen LogP contribution in [0.2, 0.25) is 0 Å². The highest BCUT2D eigenvalue weighted by Crippen LogP contribution is 2.19. The van der Waals surface area contributed by atoms with Crippen LogP contribution in [0.25, 0.3) is 0 Å². The molecule has 2 aromatic carbocycles. The summed E-state index contributed by atoms with van der Waals surface area (Å²) >= 11 is 0. The van der Waals surface area contributed by atoms with Crippen molar-refractivity contribution < 1.29 is 18.3 Å². The maximum absolute atomic E-state index is 12.4. The third-order valence-corrected chi connectivity index (χ3v) is 3.45. The average Bonchev–Trinajstić information content (AvgIpc) is 2.62. The normalized spacial score (nSPS) is 11.3. The van der Waals surface area contributed by atoms with Crippen LogP contribution in [0.5, 0.6) is 11.5 Å². The molecule has 5 nitrogen and oxygen atoms in total. The molecular weight excluding hydrogens is 328 g/mol. The van der Waals surface area contributed by atoms with E-state index in [9.17, 15) is 8.78 Å². The highest BCUT2D eigenvalue weighted by molar-refractivity contribution is 5.79. The van der Waals surface area contributed by atoms with Crippen LogP contribution in [0.15, 0.2) is 53.5 Å². The molecule has 0 saturated carbocycles. The van der Waals surface area contributed by atoms with Crippen LogP contribution in [-0.2, 0) is 13.1 Å². The van der Waals surface area contributed by atoms with E-state index in [0.29, 0.717) is 24.6 Å². The molecule has 0 radical (unpaired) electrons. The number of guanidine groups is 1. The number of nitrogens with one attached hydrogen (secondary N) is 2. The van der Waals surface area contributed by atoms with Crippen molar-refractivity contribution in [2.24, 2.45) is 4.99 Å². The minimum absolute atomic E-state index is 0.147. The molecule has 2 rings (SSSR count). The molecule has 2 aromatic rings. The van der Waals surface area contributed by atoms with Gasteiger partial charge in [0, 0.05) is 25.7 Å². The third-order valence-electron chi connectivity index (χ3n) is 3.45. The monoisotopic (exact) mass is 349 g/mol. The predicted octanol–water partition coefficient (Wildman–Crippen LogP) is 3.16. The Morgan fingerprint density at radius 2 is 1.84 bits per heavy atom. The molecule has 2 N–H and O–H groups in total. The number of methoxy groups -OCH3 is 1.